The van der Waals surface area contributed by atoms with Gasteiger partial charge in [-0.3, -0.25) is 0 Å². The van der Waals surface area contributed by atoms with Gasteiger partial charge in [-0.05, 0) is 51.1 Å². The number of halogens is 1. The highest BCUT2D eigenvalue weighted by molar-refractivity contribution is 14.0. The van der Waals surface area contributed by atoms with E-state index in [1.54, 1.807) is 25.6 Å². The van der Waals surface area contributed by atoms with Crippen LogP contribution in [-0.2, 0) is 16.4 Å². The van der Waals surface area contributed by atoms with Gasteiger partial charge in [0, 0.05) is 24.2 Å². The number of hydrogen-bond acceptors (Lipinski definition) is 4. The van der Waals surface area contributed by atoms with E-state index in [0.717, 1.165) is 5.56 Å². The average molecular weight is 499 g/mol. The van der Waals surface area contributed by atoms with Crippen molar-refractivity contribution in [2.24, 2.45) is 4.99 Å². The molecule has 0 saturated carbocycles. The molecule has 0 heterocycles. The normalized spacial score (nSPS) is 12.5. The van der Waals surface area contributed by atoms with Crippen LogP contribution < -0.4 is 10.6 Å². The number of rotatable bonds is 7. The molecule has 0 atom stereocenters. The number of hydrogen-bond donors (Lipinski definition) is 2. The number of sulfone groups is 1. The molecule has 0 unspecified atom stereocenters. The van der Waals surface area contributed by atoms with E-state index in [-0.39, 0.29) is 24.0 Å². The third kappa shape index (κ3) is 7.74. The summed E-state index contributed by atoms with van der Waals surface area (Å²) in [5, 5.41) is 6.30. The Morgan fingerprint density at radius 1 is 1.28 bits per heavy atom. The van der Waals surface area contributed by atoms with Crippen molar-refractivity contribution in [1.29, 1.82) is 0 Å². The van der Waals surface area contributed by atoms with Crippen molar-refractivity contribution in [1.82, 2.24) is 10.6 Å². The third-order valence-electron chi connectivity index (χ3n) is 3.88. The molecule has 0 aromatic heterocycles. The summed E-state index contributed by atoms with van der Waals surface area (Å²) in [6.45, 7) is 9.06. The van der Waals surface area contributed by atoms with E-state index >= 15 is 0 Å². The molecule has 0 bridgehead atoms. The minimum absolute atomic E-state index is 0. The Hall–Kier alpha value is -0.480. The van der Waals surface area contributed by atoms with Crippen LogP contribution in [0.15, 0.2) is 28.1 Å². The van der Waals surface area contributed by atoms with Crippen LogP contribution in [-0.4, -0.2) is 44.7 Å². The van der Waals surface area contributed by atoms with Gasteiger partial charge in [0.2, 0.25) is 0 Å². The van der Waals surface area contributed by atoms with Crippen LogP contribution in [0.1, 0.15) is 31.9 Å². The quantitative estimate of drug-likeness (QED) is 0.261. The molecule has 0 fully saturated rings. The molecule has 0 radical (unpaired) electrons. The van der Waals surface area contributed by atoms with Crippen LogP contribution in [0.2, 0.25) is 0 Å². The zero-order valence-corrected chi connectivity index (χ0v) is 19.8. The fourth-order valence-electron chi connectivity index (χ4n) is 1.92. The van der Waals surface area contributed by atoms with Gasteiger partial charge >= 0.3 is 0 Å². The second kappa shape index (κ2) is 10.6. The summed E-state index contributed by atoms with van der Waals surface area (Å²) < 4.78 is 22.8. The first-order chi connectivity index (χ1) is 11.1. The minimum atomic E-state index is -3.14. The van der Waals surface area contributed by atoms with Gasteiger partial charge < -0.3 is 10.6 Å². The van der Waals surface area contributed by atoms with Gasteiger partial charge in [-0.2, -0.15) is 0 Å². The molecular weight excluding hydrogens is 469 g/mol. The topological polar surface area (TPSA) is 70.6 Å². The van der Waals surface area contributed by atoms with Gasteiger partial charge in [-0.1, -0.05) is 12.1 Å². The monoisotopic (exact) mass is 499 g/mol. The second-order valence-corrected chi connectivity index (χ2v) is 9.89. The summed E-state index contributed by atoms with van der Waals surface area (Å²) in [7, 11) is -3.14. The van der Waals surface area contributed by atoms with E-state index in [9.17, 15) is 8.42 Å². The lowest BCUT2D eigenvalue weighted by atomic mass is 10.1. The molecular formula is C17H30IN3O2S2. The number of aryl methyl sites for hydroxylation is 1. The highest BCUT2D eigenvalue weighted by Gasteiger charge is 2.30. The Bertz CT molecular complexity index is 689. The molecule has 5 nitrogen and oxygen atoms in total. The average Bonchev–Trinajstić information content (AvgIpc) is 2.49. The number of thioether (sulfide) groups is 1. The van der Waals surface area contributed by atoms with Crippen molar-refractivity contribution in [3.05, 3.63) is 29.3 Å². The first kappa shape index (κ1) is 24.5. The van der Waals surface area contributed by atoms with Gasteiger partial charge in [0.1, 0.15) is 0 Å². The van der Waals surface area contributed by atoms with Crippen LogP contribution >= 0.6 is 35.7 Å². The Kier molecular flexibility index (Phi) is 10.4. The number of aliphatic imine (C=N–C) groups is 1. The van der Waals surface area contributed by atoms with Crippen LogP contribution in [0.25, 0.3) is 0 Å². The molecule has 0 amide bonds. The van der Waals surface area contributed by atoms with Gasteiger partial charge in [0.25, 0.3) is 0 Å². The Labute approximate surface area is 173 Å². The minimum Gasteiger partial charge on any atom is -0.357 e. The Morgan fingerprint density at radius 3 is 2.44 bits per heavy atom. The predicted molar refractivity (Wildman–Crippen MR) is 120 cm³/mol. The lowest BCUT2D eigenvalue weighted by Gasteiger charge is -2.24. The highest BCUT2D eigenvalue weighted by atomic mass is 127. The third-order valence-corrected chi connectivity index (χ3v) is 6.85. The van der Waals surface area contributed by atoms with Gasteiger partial charge in [0.15, 0.2) is 15.8 Å². The van der Waals surface area contributed by atoms with Gasteiger partial charge in [-0.15, -0.1) is 35.7 Å². The largest absolute Gasteiger partial charge is 0.357 e. The lowest BCUT2D eigenvalue weighted by molar-refractivity contribution is 0.544. The molecule has 8 heteroatoms. The predicted octanol–water partition coefficient (Wildman–Crippen LogP) is 3.21. The highest BCUT2D eigenvalue weighted by Crippen LogP contribution is 2.22. The zero-order valence-electron chi connectivity index (χ0n) is 15.8. The molecule has 0 aliphatic rings. The fourth-order valence-corrected chi connectivity index (χ4v) is 2.95. The molecule has 1 aromatic carbocycles. The molecule has 25 heavy (non-hydrogen) atoms. The molecule has 2 N–H and O–H groups in total. The maximum atomic E-state index is 11.8. The van der Waals surface area contributed by atoms with E-state index < -0.39 is 14.6 Å². The molecule has 144 valence electrons. The smallest absolute Gasteiger partial charge is 0.191 e. The fraction of sp³-hybridized carbons (Fsp3) is 0.588. The molecule has 0 aliphatic carbocycles. The first-order valence-corrected chi connectivity index (χ1v) is 11.1. The van der Waals surface area contributed by atoms with E-state index in [1.165, 1.54) is 16.7 Å². The second-order valence-electron chi connectivity index (χ2n) is 6.40. The molecule has 1 aromatic rings. The van der Waals surface area contributed by atoms with Crippen LogP contribution in [0.4, 0.5) is 0 Å². The Morgan fingerprint density at radius 2 is 1.92 bits per heavy atom. The molecule has 0 spiro atoms. The molecule has 1 rings (SSSR count). The number of guanidine groups is 1. The summed E-state index contributed by atoms with van der Waals surface area (Å²) in [5.41, 5.74) is 2.39. The summed E-state index contributed by atoms with van der Waals surface area (Å²) in [5.74, 6) is 0.627. The summed E-state index contributed by atoms with van der Waals surface area (Å²) in [4.78, 5) is 5.81. The molecule has 0 saturated heterocycles. The number of nitrogens with one attached hydrogen (secondary N) is 2. The van der Waals surface area contributed by atoms with Gasteiger partial charge in [0.05, 0.1) is 11.3 Å². The summed E-state index contributed by atoms with van der Waals surface area (Å²) in [6.07, 6.45) is 3.32. The van der Waals surface area contributed by atoms with E-state index in [0.29, 0.717) is 25.6 Å². The van der Waals surface area contributed by atoms with Crippen molar-refractivity contribution in [2.75, 3.05) is 25.6 Å². The summed E-state index contributed by atoms with van der Waals surface area (Å²) >= 11 is 1.71. The van der Waals surface area contributed by atoms with Crippen molar-refractivity contribution >= 4 is 51.5 Å². The van der Waals surface area contributed by atoms with E-state index in [1.807, 2.05) is 6.92 Å². The zero-order chi connectivity index (χ0) is 18.4. The van der Waals surface area contributed by atoms with Crippen LogP contribution in [0.3, 0.4) is 0 Å². The van der Waals surface area contributed by atoms with Crippen molar-refractivity contribution in [2.45, 2.75) is 43.9 Å². The lowest BCUT2D eigenvalue weighted by Crippen LogP contribution is -2.47. The maximum Gasteiger partial charge on any atom is 0.191 e. The molecule has 0 aliphatic heterocycles. The SMILES string of the molecule is CCNC(=NCc1ccc(C)cc1SC)NCC(C)(C)S(C)(=O)=O.I. The van der Waals surface area contributed by atoms with Crippen LogP contribution in [0, 0.1) is 6.92 Å². The summed E-state index contributed by atoms with van der Waals surface area (Å²) in [6, 6.07) is 6.33. The van der Waals surface area contributed by atoms with Gasteiger partial charge in [-0.25, -0.2) is 13.4 Å². The number of nitrogens with zero attached hydrogens (tertiary/aromatic N) is 1. The van der Waals surface area contributed by atoms with Crippen molar-refractivity contribution < 1.29 is 8.42 Å². The standard InChI is InChI=1S/C17H29N3O2S2.HI/c1-7-18-16(20-12-17(3,4)24(6,21)22)19-11-14-9-8-13(2)10-15(14)23-5;/h8-10H,7,11-12H2,1-6H3,(H2,18,19,20);1H. The van der Waals surface area contributed by atoms with Crippen molar-refractivity contribution in [3.8, 4) is 0 Å². The van der Waals surface area contributed by atoms with E-state index in [2.05, 4.69) is 47.0 Å². The first-order valence-electron chi connectivity index (χ1n) is 7.96. The Balaban J connectivity index is 0.00000576. The van der Waals surface area contributed by atoms with Crippen molar-refractivity contribution in [3.63, 3.8) is 0 Å². The maximum absolute atomic E-state index is 11.8. The number of benzene rings is 1. The van der Waals surface area contributed by atoms with Crippen LogP contribution in [0.5, 0.6) is 0 Å². The van der Waals surface area contributed by atoms with E-state index in [4.69, 9.17) is 0 Å².